The van der Waals surface area contributed by atoms with E-state index < -0.39 is 9.12 Å². The van der Waals surface area contributed by atoms with Crippen LogP contribution in [-0.2, 0) is 9.59 Å². The third-order valence-electron chi connectivity index (χ3n) is 0.781. The molecule has 0 saturated heterocycles. The third-order valence-corrected chi connectivity index (χ3v) is 2.34. The van der Waals surface area contributed by atoms with Gasteiger partial charge in [-0.05, 0) is 6.04 Å². The van der Waals surface area contributed by atoms with E-state index in [1.807, 2.05) is 0 Å². The predicted molar refractivity (Wildman–Crippen MR) is 38.4 cm³/mol. The fraction of sp³-hybridized carbons (Fsp3) is 0.200. The molecule has 0 N–H and O–H groups in total. The first-order chi connectivity index (χ1) is 4.85. The molecule has 0 aromatic heterocycles. The topological polar surface area (TPSA) is 58.9 Å². The van der Waals surface area contributed by atoms with Crippen LogP contribution in [-0.4, -0.2) is 21.3 Å². The van der Waals surface area contributed by atoms with Crippen LogP contribution in [0.1, 0.15) is 0 Å². The average molecular weight is 154 g/mol. The van der Waals surface area contributed by atoms with E-state index in [1.165, 1.54) is 12.2 Å². The van der Waals surface area contributed by atoms with Crippen LogP contribution in [0.2, 0.25) is 6.04 Å². The van der Waals surface area contributed by atoms with Gasteiger partial charge in [0.1, 0.15) is 0 Å². The van der Waals surface area contributed by atoms with Gasteiger partial charge in [-0.15, -0.1) is 6.58 Å². The summed E-state index contributed by atoms with van der Waals surface area (Å²) in [4.78, 5) is 19.4. The van der Waals surface area contributed by atoms with E-state index in [0.717, 1.165) is 0 Å². The van der Waals surface area contributed by atoms with Crippen LogP contribution in [0.5, 0.6) is 0 Å². The third kappa shape index (κ3) is 3.69. The number of nitrogens with zero attached hydrogens (tertiary/aromatic N) is 2. The molecule has 0 atom stereocenters. The molecular weight excluding hydrogens is 148 g/mol. The summed E-state index contributed by atoms with van der Waals surface area (Å²) in [6.07, 6.45) is 4.28. The number of isocyanates is 2. The van der Waals surface area contributed by atoms with Crippen LogP contribution < -0.4 is 0 Å². The van der Waals surface area contributed by atoms with Gasteiger partial charge in [-0.2, -0.15) is 0 Å². The quantitative estimate of drug-likeness (QED) is 0.249. The smallest absolute Gasteiger partial charge is 0.221 e. The van der Waals surface area contributed by atoms with E-state index in [1.54, 1.807) is 6.08 Å². The highest BCUT2D eigenvalue weighted by Gasteiger charge is 2.03. The van der Waals surface area contributed by atoms with Crippen molar-refractivity contribution in [2.24, 2.45) is 9.32 Å². The van der Waals surface area contributed by atoms with E-state index in [9.17, 15) is 9.59 Å². The molecular formula is C5H6N2O2Si. The molecule has 0 spiro atoms. The highest BCUT2D eigenvalue weighted by molar-refractivity contribution is 6.57. The predicted octanol–water partition coefficient (Wildman–Crippen LogP) is 0.0645. The molecule has 0 aliphatic carbocycles. The second-order valence-electron chi connectivity index (χ2n) is 1.45. The van der Waals surface area contributed by atoms with Crippen LogP contribution in [0, 0.1) is 0 Å². The molecule has 52 valence electrons. The zero-order valence-electron chi connectivity index (χ0n) is 5.28. The lowest BCUT2D eigenvalue weighted by Gasteiger charge is -1.90. The number of carbonyl (C=O) groups excluding carboxylic acids is 2. The molecule has 0 heterocycles. The first kappa shape index (κ1) is 8.72. The molecule has 0 radical (unpaired) electrons. The Morgan fingerprint density at radius 2 is 1.90 bits per heavy atom. The molecule has 0 aliphatic rings. The fourth-order valence-corrected chi connectivity index (χ4v) is 1.22. The zero-order chi connectivity index (χ0) is 7.82. The molecule has 0 aliphatic heterocycles. The fourth-order valence-electron chi connectivity index (χ4n) is 0.405. The lowest BCUT2D eigenvalue weighted by molar-refractivity contribution is 0.565. The number of rotatable bonds is 4. The van der Waals surface area contributed by atoms with E-state index in [-0.39, 0.29) is 0 Å². The first-order valence-electron chi connectivity index (χ1n) is 2.60. The first-order valence-corrected chi connectivity index (χ1v) is 4.45. The van der Waals surface area contributed by atoms with Gasteiger partial charge in [0.15, 0.2) is 0 Å². The van der Waals surface area contributed by atoms with Gasteiger partial charge in [-0.1, -0.05) is 6.08 Å². The van der Waals surface area contributed by atoms with Gasteiger partial charge >= 0.3 is 9.12 Å². The molecule has 0 aromatic rings. The molecule has 0 bridgehead atoms. The van der Waals surface area contributed by atoms with Gasteiger partial charge in [-0.3, -0.25) is 0 Å². The Kier molecular flexibility index (Phi) is 5.10. The lowest BCUT2D eigenvalue weighted by Crippen LogP contribution is -2.03. The molecule has 5 heteroatoms. The summed E-state index contributed by atoms with van der Waals surface area (Å²) < 4.78 is 6.67. The Morgan fingerprint density at radius 3 is 2.20 bits per heavy atom. The van der Waals surface area contributed by atoms with Crippen LogP contribution >= 0.6 is 0 Å². The molecule has 0 fully saturated rings. The van der Waals surface area contributed by atoms with Gasteiger partial charge < -0.3 is 0 Å². The van der Waals surface area contributed by atoms with Crippen molar-refractivity contribution in [2.45, 2.75) is 6.04 Å². The largest absolute Gasteiger partial charge is 0.320 e. The van der Waals surface area contributed by atoms with Crippen molar-refractivity contribution in [1.82, 2.24) is 0 Å². The minimum Gasteiger partial charge on any atom is -0.221 e. The maximum absolute atomic E-state index is 9.68. The summed E-state index contributed by atoms with van der Waals surface area (Å²) in [5, 5.41) is 0. The Morgan fingerprint density at radius 1 is 1.40 bits per heavy atom. The number of allylic oxidation sites excluding steroid dienone is 1. The molecule has 0 saturated carbocycles. The average Bonchev–Trinajstić information content (AvgIpc) is 1.90. The van der Waals surface area contributed by atoms with Crippen molar-refractivity contribution in [3.63, 3.8) is 0 Å². The monoisotopic (exact) mass is 154 g/mol. The Hall–Kier alpha value is -1.28. The highest BCUT2D eigenvalue weighted by Crippen LogP contribution is 1.93. The van der Waals surface area contributed by atoms with Gasteiger partial charge in [0.2, 0.25) is 12.2 Å². The summed E-state index contributed by atoms with van der Waals surface area (Å²) in [7, 11) is -1.95. The molecule has 0 rings (SSSR count). The molecule has 0 unspecified atom stereocenters. The summed E-state index contributed by atoms with van der Waals surface area (Å²) in [6.45, 7) is 3.42. The SMILES string of the molecule is C=CC[SiH](N=C=O)N=C=O. The van der Waals surface area contributed by atoms with E-state index in [2.05, 4.69) is 15.9 Å². The number of hydrogen-bond donors (Lipinski definition) is 0. The van der Waals surface area contributed by atoms with Gasteiger partial charge in [0, 0.05) is 0 Å². The van der Waals surface area contributed by atoms with Crippen molar-refractivity contribution in [3.05, 3.63) is 12.7 Å². The number of hydrogen-bond acceptors (Lipinski definition) is 4. The normalized spacial score (nSPS) is 10.4. The van der Waals surface area contributed by atoms with E-state index >= 15 is 0 Å². The second kappa shape index (κ2) is 5.85. The van der Waals surface area contributed by atoms with Gasteiger partial charge in [-0.25, -0.2) is 18.9 Å². The highest BCUT2D eigenvalue weighted by atomic mass is 28.3. The Labute approximate surface area is 59.8 Å². The summed E-state index contributed by atoms with van der Waals surface area (Å²) >= 11 is 0. The minimum atomic E-state index is -1.95. The van der Waals surface area contributed by atoms with E-state index in [4.69, 9.17) is 0 Å². The maximum Gasteiger partial charge on any atom is 0.320 e. The van der Waals surface area contributed by atoms with Crippen LogP contribution in [0.3, 0.4) is 0 Å². The summed E-state index contributed by atoms with van der Waals surface area (Å²) in [6, 6.07) is 0.491. The van der Waals surface area contributed by atoms with Gasteiger partial charge in [0.25, 0.3) is 0 Å². The van der Waals surface area contributed by atoms with Crippen LogP contribution in [0.15, 0.2) is 22.0 Å². The summed E-state index contributed by atoms with van der Waals surface area (Å²) in [5.41, 5.74) is 0. The van der Waals surface area contributed by atoms with E-state index in [0.29, 0.717) is 6.04 Å². The van der Waals surface area contributed by atoms with Crippen molar-refractivity contribution in [3.8, 4) is 0 Å². The zero-order valence-corrected chi connectivity index (χ0v) is 6.43. The molecule has 4 nitrogen and oxygen atoms in total. The lowest BCUT2D eigenvalue weighted by atomic mass is 10.8. The standard InChI is InChI=1S/C5H6N2O2Si/c1-2-3-10(6-4-8)7-5-9/h2,10H,1,3H2. The van der Waals surface area contributed by atoms with Crippen molar-refractivity contribution in [1.29, 1.82) is 0 Å². The van der Waals surface area contributed by atoms with Crippen molar-refractivity contribution in [2.75, 3.05) is 0 Å². The molecule has 10 heavy (non-hydrogen) atoms. The minimum absolute atomic E-state index is 0.491. The van der Waals surface area contributed by atoms with Crippen molar-refractivity contribution < 1.29 is 9.59 Å². The van der Waals surface area contributed by atoms with Crippen LogP contribution in [0.4, 0.5) is 0 Å². The maximum atomic E-state index is 9.68. The van der Waals surface area contributed by atoms with Crippen LogP contribution in [0.25, 0.3) is 0 Å². The molecule has 0 aromatic carbocycles. The Balaban J connectivity index is 4.08. The Bertz CT molecular complexity index is 186. The summed E-state index contributed by atoms with van der Waals surface area (Å²) in [5.74, 6) is 0. The van der Waals surface area contributed by atoms with Crippen molar-refractivity contribution >= 4 is 21.3 Å². The second-order valence-corrected chi connectivity index (χ2v) is 3.39. The molecule has 0 amide bonds. The van der Waals surface area contributed by atoms with Gasteiger partial charge in [0.05, 0.1) is 0 Å².